The van der Waals surface area contributed by atoms with Crippen molar-refractivity contribution in [2.45, 2.75) is 30.7 Å². The number of hydrogen-bond acceptors (Lipinski definition) is 3. The predicted octanol–water partition coefficient (Wildman–Crippen LogP) is 4.38. The Morgan fingerprint density at radius 3 is 2.25 bits per heavy atom. The number of carbonyl (C=O) groups is 1. The Kier molecular flexibility index (Phi) is 6.81. The number of carbonyl (C=O) groups excluding carboxylic acids is 1. The molecule has 1 saturated heterocycles. The molecule has 8 heteroatoms. The lowest BCUT2D eigenvalue weighted by atomic mass is 9.96. The summed E-state index contributed by atoms with van der Waals surface area (Å²) in [6.45, 7) is 2.60. The molecule has 2 aromatic carbocycles. The quantitative estimate of drug-likeness (QED) is 0.683. The molecule has 150 valence electrons. The first-order chi connectivity index (χ1) is 13.3. The van der Waals surface area contributed by atoms with Crippen LogP contribution in [0.25, 0.3) is 0 Å². The van der Waals surface area contributed by atoms with Gasteiger partial charge in [-0.05, 0) is 61.7 Å². The van der Waals surface area contributed by atoms with E-state index in [4.69, 9.17) is 11.6 Å². The maximum absolute atomic E-state index is 12.7. The summed E-state index contributed by atoms with van der Waals surface area (Å²) >= 11 is 9.24. The molecule has 5 nitrogen and oxygen atoms in total. The van der Waals surface area contributed by atoms with E-state index in [1.807, 2.05) is 31.2 Å². The molecule has 0 saturated carbocycles. The number of nitrogens with one attached hydrogen (secondary N) is 1. The highest BCUT2D eigenvalue weighted by Crippen LogP contribution is 2.26. The molecule has 1 aliphatic heterocycles. The van der Waals surface area contributed by atoms with Gasteiger partial charge in [-0.15, -0.1) is 0 Å². The molecule has 0 radical (unpaired) electrons. The first-order valence-electron chi connectivity index (χ1n) is 9.09. The zero-order valence-electron chi connectivity index (χ0n) is 15.4. The minimum absolute atomic E-state index is 0.0287. The third-order valence-electron chi connectivity index (χ3n) is 5.00. The summed E-state index contributed by atoms with van der Waals surface area (Å²) in [5.74, 6) is -0.214. The molecule has 0 spiro atoms. The van der Waals surface area contributed by atoms with E-state index >= 15 is 0 Å². The molecule has 1 fully saturated rings. The zero-order valence-corrected chi connectivity index (χ0v) is 18.6. The fourth-order valence-electron chi connectivity index (χ4n) is 3.28. The van der Waals surface area contributed by atoms with E-state index in [1.165, 1.54) is 16.4 Å². The topological polar surface area (TPSA) is 66.5 Å². The molecule has 1 atom stereocenters. The monoisotopic (exact) mass is 484 g/mol. The van der Waals surface area contributed by atoms with Gasteiger partial charge in [0, 0.05) is 28.5 Å². The van der Waals surface area contributed by atoms with Crippen LogP contribution in [-0.4, -0.2) is 31.7 Å². The van der Waals surface area contributed by atoms with Gasteiger partial charge in [-0.25, -0.2) is 8.42 Å². The molecule has 1 amide bonds. The Balaban J connectivity index is 1.57. The average Bonchev–Trinajstić information content (AvgIpc) is 2.69. The van der Waals surface area contributed by atoms with Crippen LogP contribution in [0.1, 0.15) is 31.4 Å². The van der Waals surface area contributed by atoms with Gasteiger partial charge in [0.15, 0.2) is 0 Å². The molecular formula is C20H22BrClN2O3S. The second-order valence-electron chi connectivity index (χ2n) is 6.91. The van der Waals surface area contributed by atoms with E-state index in [1.54, 1.807) is 12.1 Å². The van der Waals surface area contributed by atoms with Crippen molar-refractivity contribution in [2.75, 3.05) is 13.1 Å². The standard InChI is InChI=1S/C20H22BrClN2O3S/c1-14(15-2-4-17(21)5-3-15)23-20(25)16-10-12-24(13-11-16)28(26,27)19-8-6-18(22)7-9-19/h2-9,14,16H,10-13H2,1H3,(H,23,25). The van der Waals surface area contributed by atoms with E-state index in [0.717, 1.165) is 10.0 Å². The van der Waals surface area contributed by atoms with Crippen LogP contribution < -0.4 is 5.32 Å². The lowest BCUT2D eigenvalue weighted by Gasteiger charge is -2.31. The van der Waals surface area contributed by atoms with Crippen LogP contribution in [-0.2, 0) is 14.8 Å². The number of piperidine rings is 1. The number of halogens is 2. The SMILES string of the molecule is CC(NC(=O)C1CCN(S(=O)(=O)c2ccc(Cl)cc2)CC1)c1ccc(Br)cc1. The molecule has 2 aromatic rings. The summed E-state index contributed by atoms with van der Waals surface area (Å²) in [7, 11) is -3.56. The third-order valence-corrected chi connectivity index (χ3v) is 7.70. The van der Waals surface area contributed by atoms with Crippen molar-refractivity contribution < 1.29 is 13.2 Å². The second-order valence-corrected chi connectivity index (χ2v) is 10.2. The lowest BCUT2D eigenvalue weighted by molar-refractivity contribution is -0.126. The summed E-state index contributed by atoms with van der Waals surface area (Å²) in [4.78, 5) is 12.8. The number of nitrogens with zero attached hydrogens (tertiary/aromatic N) is 1. The van der Waals surface area contributed by atoms with Crippen molar-refractivity contribution in [3.8, 4) is 0 Å². The minimum Gasteiger partial charge on any atom is -0.349 e. The Labute approximate surface area is 179 Å². The molecule has 1 aliphatic rings. The molecule has 3 rings (SSSR count). The van der Waals surface area contributed by atoms with Gasteiger partial charge < -0.3 is 5.32 Å². The van der Waals surface area contributed by atoms with Gasteiger partial charge in [-0.3, -0.25) is 4.79 Å². The van der Waals surface area contributed by atoms with Crippen molar-refractivity contribution >= 4 is 43.5 Å². The zero-order chi connectivity index (χ0) is 20.3. The Morgan fingerprint density at radius 2 is 1.68 bits per heavy atom. The molecule has 1 N–H and O–H groups in total. The highest BCUT2D eigenvalue weighted by Gasteiger charge is 2.32. The smallest absolute Gasteiger partial charge is 0.243 e. The lowest BCUT2D eigenvalue weighted by Crippen LogP contribution is -2.43. The second kappa shape index (κ2) is 8.95. The van der Waals surface area contributed by atoms with E-state index in [-0.39, 0.29) is 22.8 Å². The normalized spacial score (nSPS) is 17.2. The summed E-state index contributed by atoms with van der Waals surface area (Å²) in [5, 5.41) is 3.53. The average molecular weight is 486 g/mol. The molecular weight excluding hydrogens is 464 g/mol. The van der Waals surface area contributed by atoms with Crippen molar-refractivity contribution in [2.24, 2.45) is 5.92 Å². The van der Waals surface area contributed by atoms with Gasteiger partial charge in [-0.2, -0.15) is 4.31 Å². The van der Waals surface area contributed by atoms with E-state index in [9.17, 15) is 13.2 Å². The summed E-state index contributed by atoms with van der Waals surface area (Å²) in [6.07, 6.45) is 1.01. The van der Waals surface area contributed by atoms with Gasteiger partial charge >= 0.3 is 0 Å². The van der Waals surface area contributed by atoms with Crippen molar-refractivity contribution in [3.05, 3.63) is 63.6 Å². The van der Waals surface area contributed by atoms with E-state index in [2.05, 4.69) is 21.2 Å². The van der Waals surface area contributed by atoms with Crippen molar-refractivity contribution in [3.63, 3.8) is 0 Å². The maximum atomic E-state index is 12.7. The highest BCUT2D eigenvalue weighted by atomic mass is 79.9. The predicted molar refractivity (Wildman–Crippen MR) is 114 cm³/mol. The van der Waals surface area contributed by atoms with Gasteiger partial charge in [-0.1, -0.05) is 39.7 Å². The van der Waals surface area contributed by atoms with Crippen LogP contribution in [0.4, 0.5) is 0 Å². The molecule has 28 heavy (non-hydrogen) atoms. The Morgan fingerprint density at radius 1 is 1.11 bits per heavy atom. The first kappa shape index (κ1) is 21.3. The van der Waals surface area contributed by atoms with Crippen LogP contribution in [0.15, 0.2) is 57.9 Å². The van der Waals surface area contributed by atoms with Crippen molar-refractivity contribution in [1.29, 1.82) is 0 Å². The number of hydrogen-bond donors (Lipinski definition) is 1. The summed E-state index contributed by atoms with van der Waals surface area (Å²) < 4.78 is 27.9. The molecule has 1 unspecified atom stereocenters. The molecule has 0 aliphatic carbocycles. The Hall–Kier alpha value is -1.41. The molecule has 0 bridgehead atoms. The fourth-order valence-corrected chi connectivity index (χ4v) is 5.14. The Bertz CT molecular complexity index is 925. The fraction of sp³-hybridized carbons (Fsp3) is 0.350. The molecule has 1 heterocycles. The van der Waals surface area contributed by atoms with Crippen LogP contribution in [0.5, 0.6) is 0 Å². The number of amides is 1. The van der Waals surface area contributed by atoms with Crippen LogP contribution >= 0.6 is 27.5 Å². The van der Waals surface area contributed by atoms with Gasteiger partial charge in [0.2, 0.25) is 15.9 Å². The minimum atomic E-state index is -3.56. The summed E-state index contributed by atoms with van der Waals surface area (Å²) in [5.41, 5.74) is 1.03. The van der Waals surface area contributed by atoms with E-state index < -0.39 is 10.0 Å². The largest absolute Gasteiger partial charge is 0.349 e. The molecule has 0 aromatic heterocycles. The van der Waals surface area contributed by atoms with Crippen LogP contribution in [0, 0.1) is 5.92 Å². The van der Waals surface area contributed by atoms with Gasteiger partial charge in [0.05, 0.1) is 10.9 Å². The van der Waals surface area contributed by atoms with E-state index in [0.29, 0.717) is 31.0 Å². The van der Waals surface area contributed by atoms with Crippen LogP contribution in [0.2, 0.25) is 5.02 Å². The number of benzene rings is 2. The summed E-state index contributed by atoms with van der Waals surface area (Å²) in [6, 6.07) is 13.9. The van der Waals surface area contributed by atoms with Crippen molar-refractivity contribution in [1.82, 2.24) is 9.62 Å². The van der Waals surface area contributed by atoms with Gasteiger partial charge in [0.25, 0.3) is 0 Å². The van der Waals surface area contributed by atoms with Gasteiger partial charge in [0.1, 0.15) is 0 Å². The third kappa shape index (κ3) is 4.95. The number of rotatable bonds is 5. The van der Waals surface area contributed by atoms with Crippen LogP contribution in [0.3, 0.4) is 0 Å². The first-order valence-corrected chi connectivity index (χ1v) is 11.7. The maximum Gasteiger partial charge on any atom is 0.243 e. The highest BCUT2D eigenvalue weighted by molar-refractivity contribution is 9.10. The number of sulfonamides is 1.